The van der Waals surface area contributed by atoms with Gasteiger partial charge in [0.05, 0.1) is 4.92 Å². The van der Waals surface area contributed by atoms with Crippen LogP contribution in [0, 0.1) is 23.0 Å². The van der Waals surface area contributed by atoms with Crippen LogP contribution >= 0.6 is 0 Å². The van der Waals surface area contributed by atoms with Gasteiger partial charge >= 0.3 is 0 Å². The summed E-state index contributed by atoms with van der Waals surface area (Å²) in [4.78, 5) is 12.8. The van der Waals surface area contributed by atoms with Gasteiger partial charge in [0, 0.05) is 23.9 Å². The molecule has 1 aromatic carbocycles. The monoisotopic (exact) mass is 277 g/mol. The highest BCUT2D eigenvalue weighted by molar-refractivity contribution is 5.55. The fourth-order valence-corrected chi connectivity index (χ4v) is 2.82. The molecule has 110 valence electrons. The van der Waals surface area contributed by atoms with Gasteiger partial charge in [0.1, 0.15) is 0 Å². The van der Waals surface area contributed by atoms with Gasteiger partial charge in [-0.05, 0) is 64.4 Å². The molecule has 1 atom stereocenters. The Morgan fingerprint density at radius 2 is 2.05 bits per heavy atom. The first-order valence-electron chi connectivity index (χ1n) is 7.17. The fraction of sp³-hybridized carbons (Fsp3) is 0.600. The fourth-order valence-electron chi connectivity index (χ4n) is 2.82. The van der Waals surface area contributed by atoms with Gasteiger partial charge in [-0.2, -0.15) is 0 Å². The maximum atomic E-state index is 10.7. The first kappa shape index (κ1) is 14.8. The van der Waals surface area contributed by atoms with E-state index in [1.54, 1.807) is 12.1 Å². The minimum atomic E-state index is -0.350. The molecule has 1 saturated heterocycles. The molecule has 2 rings (SSSR count). The zero-order chi connectivity index (χ0) is 14.7. The van der Waals surface area contributed by atoms with E-state index < -0.39 is 0 Å². The molecule has 0 amide bonds. The number of aryl methyl sites for hydroxylation is 1. The van der Waals surface area contributed by atoms with Crippen molar-refractivity contribution in [3.05, 3.63) is 33.9 Å². The van der Waals surface area contributed by atoms with Gasteiger partial charge in [0.25, 0.3) is 5.69 Å². The third-order valence-corrected chi connectivity index (χ3v) is 4.27. The predicted octanol–water partition coefficient (Wildman–Crippen LogP) is 3.05. The summed E-state index contributed by atoms with van der Waals surface area (Å²) in [6, 6.07) is 5.41. The Kier molecular flexibility index (Phi) is 4.60. The molecule has 1 fully saturated rings. The quantitative estimate of drug-likeness (QED) is 0.679. The predicted molar refractivity (Wildman–Crippen MR) is 81.1 cm³/mol. The van der Waals surface area contributed by atoms with Crippen LogP contribution in [0.15, 0.2) is 18.2 Å². The molecule has 5 nitrogen and oxygen atoms in total. The zero-order valence-corrected chi connectivity index (χ0v) is 12.4. The summed E-state index contributed by atoms with van der Waals surface area (Å²) < 4.78 is 0. The molecule has 1 aliphatic rings. The van der Waals surface area contributed by atoms with Crippen molar-refractivity contribution in [2.45, 2.75) is 32.7 Å². The molecular weight excluding hydrogens is 254 g/mol. The minimum Gasteiger partial charge on any atom is -0.382 e. The molecule has 0 radical (unpaired) electrons. The number of non-ortho nitro benzene ring substituents is 1. The molecule has 1 N–H and O–H groups in total. The van der Waals surface area contributed by atoms with Gasteiger partial charge < -0.3 is 10.2 Å². The highest BCUT2D eigenvalue weighted by Crippen LogP contribution is 2.26. The number of nitro groups is 1. The largest absolute Gasteiger partial charge is 0.382 e. The Balaban J connectivity index is 2.00. The third kappa shape index (κ3) is 3.48. The molecule has 20 heavy (non-hydrogen) atoms. The van der Waals surface area contributed by atoms with E-state index in [0.717, 1.165) is 24.3 Å². The van der Waals surface area contributed by atoms with Crippen LogP contribution in [0.2, 0.25) is 0 Å². The van der Waals surface area contributed by atoms with Crippen LogP contribution < -0.4 is 5.32 Å². The number of rotatable bonds is 4. The van der Waals surface area contributed by atoms with Gasteiger partial charge in [0.2, 0.25) is 0 Å². The third-order valence-electron chi connectivity index (χ3n) is 4.27. The maximum absolute atomic E-state index is 10.7. The number of benzene rings is 1. The van der Waals surface area contributed by atoms with Crippen molar-refractivity contribution < 1.29 is 4.92 Å². The summed E-state index contributed by atoms with van der Waals surface area (Å²) in [5.41, 5.74) is 2.08. The van der Waals surface area contributed by atoms with Crippen LogP contribution in [0.1, 0.15) is 25.3 Å². The number of hydrogen-bond acceptors (Lipinski definition) is 4. The lowest BCUT2D eigenvalue weighted by Crippen LogP contribution is -2.37. The first-order chi connectivity index (χ1) is 9.47. The Morgan fingerprint density at radius 1 is 1.40 bits per heavy atom. The van der Waals surface area contributed by atoms with Crippen LogP contribution in [0.25, 0.3) is 0 Å². The lowest BCUT2D eigenvalue weighted by molar-refractivity contribution is -0.384. The standard InChI is InChI=1S/C15H23N3O2/c1-11-10-14(18(19)20)4-5-15(11)16-12(2)13-6-8-17(3)9-7-13/h4-5,10,12-13,16H,6-9H2,1-3H3. The molecule has 5 heteroatoms. The van der Waals surface area contributed by atoms with Crippen LogP contribution in [-0.2, 0) is 0 Å². The molecule has 0 saturated carbocycles. The maximum Gasteiger partial charge on any atom is 0.269 e. The number of nitro benzene ring substituents is 1. The molecule has 1 heterocycles. The lowest BCUT2D eigenvalue weighted by atomic mass is 9.90. The van der Waals surface area contributed by atoms with E-state index >= 15 is 0 Å². The number of nitrogens with one attached hydrogen (secondary N) is 1. The number of likely N-dealkylation sites (tertiary alicyclic amines) is 1. The van der Waals surface area contributed by atoms with Crippen molar-refractivity contribution in [1.29, 1.82) is 0 Å². The van der Waals surface area contributed by atoms with Crippen molar-refractivity contribution in [3.8, 4) is 0 Å². The molecule has 0 bridgehead atoms. The van der Waals surface area contributed by atoms with E-state index in [-0.39, 0.29) is 10.6 Å². The number of hydrogen-bond donors (Lipinski definition) is 1. The number of piperidine rings is 1. The number of anilines is 1. The summed E-state index contributed by atoms with van der Waals surface area (Å²) in [5.74, 6) is 0.667. The molecule has 1 aliphatic heterocycles. The molecule has 0 aromatic heterocycles. The van der Waals surface area contributed by atoms with Crippen LogP contribution in [0.4, 0.5) is 11.4 Å². The summed E-state index contributed by atoms with van der Waals surface area (Å²) >= 11 is 0. The molecule has 0 spiro atoms. The zero-order valence-electron chi connectivity index (χ0n) is 12.4. The Labute approximate surface area is 120 Å². The molecular formula is C15H23N3O2. The Hall–Kier alpha value is -1.62. The summed E-state index contributed by atoms with van der Waals surface area (Å²) in [5, 5.41) is 14.3. The second-order valence-corrected chi connectivity index (χ2v) is 5.83. The Morgan fingerprint density at radius 3 is 2.60 bits per heavy atom. The highest BCUT2D eigenvalue weighted by Gasteiger charge is 2.22. The summed E-state index contributed by atoms with van der Waals surface area (Å²) in [6.07, 6.45) is 2.41. The van der Waals surface area contributed by atoms with Crippen molar-refractivity contribution in [2.24, 2.45) is 5.92 Å². The van der Waals surface area contributed by atoms with Gasteiger partial charge in [-0.15, -0.1) is 0 Å². The van der Waals surface area contributed by atoms with Crippen molar-refractivity contribution >= 4 is 11.4 Å². The average Bonchev–Trinajstić information content (AvgIpc) is 2.41. The second-order valence-electron chi connectivity index (χ2n) is 5.83. The highest BCUT2D eigenvalue weighted by atomic mass is 16.6. The Bertz CT molecular complexity index is 482. The molecule has 1 unspecified atom stereocenters. The summed E-state index contributed by atoms with van der Waals surface area (Å²) in [7, 11) is 2.16. The van der Waals surface area contributed by atoms with E-state index in [2.05, 4.69) is 24.2 Å². The normalized spacial score (nSPS) is 18.8. The van der Waals surface area contributed by atoms with Gasteiger partial charge in [-0.25, -0.2) is 0 Å². The van der Waals surface area contributed by atoms with E-state index in [1.165, 1.54) is 12.8 Å². The van der Waals surface area contributed by atoms with E-state index in [0.29, 0.717) is 12.0 Å². The summed E-state index contributed by atoms with van der Waals surface area (Å²) in [6.45, 7) is 6.42. The van der Waals surface area contributed by atoms with Gasteiger partial charge in [-0.1, -0.05) is 0 Å². The topological polar surface area (TPSA) is 58.4 Å². The van der Waals surface area contributed by atoms with Crippen LogP contribution in [-0.4, -0.2) is 36.0 Å². The lowest BCUT2D eigenvalue weighted by Gasteiger charge is -2.33. The van der Waals surface area contributed by atoms with Crippen molar-refractivity contribution in [2.75, 3.05) is 25.5 Å². The smallest absolute Gasteiger partial charge is 0.269 e. The van der Waals surface area contributed by atoms with E-state index in [4.69, 9.17) is 0 Å². The average molecular weight is 277 g/mol. The van der Waals surface area contributed by atoms with Crippen molar-refractivity contribution in [3.63, 3.8) is 0 Å². The van der Waals surface area contributed by atoms with Crippen LogP contribution in [0.5, 0.6) is 0 Å². The van der Waals surface area contributed by atoms with Crippen LogP contribution in [0.3, 0.4) is 0 Å². The van der Waals surface area contributed by atoms with Gasteiger partial charge in [-0.3, -0.25) is 10.1 Å². The number of nitrogens with zero attached hydrogens (tertiary/aromatic N) is 2. The minimum absolute atomic E-state index is 0.153. The SMILES string of the molecule is Cc1cc([N+](=O)[O-])ccc1NC(C)C1CCN(C)CC1. The molecule has 0 aliphatic carbocycles. The van der Waals surface area contributed by atoms with E-state index in [1.807, 2.05) is 13.0 Å². The first-order valence-corrected chi connectivity index (χ1v) is 7.17. The van der Waals surface area contributed by atoms with Gasteiger partial charge in [0.15, 0.2) is 0 Å². The second kappa shape index (κ2) is 6.22. The van der Waals surface area contributed by atoms with E-state index in [9.17, 15) is 10.1 Å². The molecule has 1 aromatic rings. The van der Waals surface area contributed by atoms with Crippen molar-refractivity contribution in [1.82, 2.24) is 4.90 Å².